The number of nitrogens with two attached hydrogens (primary N) is 1. The first-order chi connectivity index (χ1) is 13.5. The van der Waals surface area contributed by atoms with E-state index in [9.17, 15) is 21.6 Å². The molecule has 0 saturated heterocycles. The number of pyridine rings is 1. The molecule has 154 valence electrons. The SMILES string of the molecule is Nc1c(-c2nnc(CO)o2)ncc(S(=O)(=O)c2ccc(OC(F)(F)F)cc2)c1Cl. The van der Waals surface area contributed by atoms with Gasteiger partial charge in [-0.3, -0.25) is 0 Å². The number of hydrogen-bond acceptors (Lipinski definition) is 9. The van der Waals surface area contributed by atoms with E-state index in [0.717, 1.165) is 30.5 Å². The molecule has 2 aromatic heterocycles. The number of rotatable bonds is 5. The fourth-order valence-electron chi connectivity index (χ4n) is 2.20. The van der Waals surface area contributed by atoms with Crippen molar-refractivity contribution in [3.05, 3.63) is 41.4 Å². The predicted octanol–water partition coefficient (Wildman–Crippen LogP) is 2.59. The summed E-state index contributed by atoms with van der Waals surface area (Å²) >= 11 is 6.08. The number of aliphatic hydroxyl groups is 1. The third kappa shape index (κ3) is 4.26. The zero-order valence-corrected chi connectivity index (χ0v) is 15.6. The molecule has 0 unspecified atom stereocenters. The summed E-state index contributed by atoms with van der Waals surface area (Å²) in [6.45, 7) is -0.527. The molecule has 1 aromatic carbocycles. The quantitative estimate of drug-likeness (QED) is 0.599. The molecule has 14 heteroatoms. The maximum Gasteiger partial charge on any atom is 0.573 e. The smallest absolute Gasteiger partial charge is 0.417 e. The summed E-state index contributed by atoms with van der Waals surface area (Å²) in [4.78, 5) is 3.04. The maximum absolute atomic E-state index is 12.8. The van der Waals surface area contributed by atoms with Crippen molar-refractivity contribution in [1.82, 2.24) is 15.2 Å². The van der Waals surface area contributed by atoms with Crippen molar-refractivity contribution in [2.75, 3.05) is 5.73 Å². The highest BCUT2D eigenvalue weighted by atomic mass is 35.5. The van der Waals surface area contributed by atoms with Gasteiger partial charge in [0.2, 0.25) is 15.7 Å². The van der Waals surface area contributed by atoms with E-state index in [1.807, 2.05) is 0 Å². The van der Waals surface area contributed by atoms with Crippen molar-refractivity contribution in [3.8, 4) is 17.3 Å². The molecule has 29 heavy (non-hydrogen) atoms. The lowest BCUT2D eigenvalue weighted by Crippen LogP contribution is -2.17. The second-order valence-corrected chi connectivity index (χ2v) is 7.68. The van der Waals surface area contributed by atoms with E-state index in [4.69, 9.17) is 26.9 Å². The van der Waals surface area contributed by atoms with Gasteiger partial charge in [-0.05, 0) is 24.3 Å². The first-order valence-corrected chi connectivity index (χ1v) is 9.37. The van der Waals surface area contributed by atoms with Gasteiger partial charge in [0.1, 0.15) is 17.3 Å². The third-order valence-electron chi connectivity index (χ3n) is 3.48. The summed E-state index contributed by atoms with van der Waals surface area (Å²) in [5, 5.41) is 15.7. The number of nitrogen functional groups attached to an aromatic ring is 1. The van der Waals surface area contributed by atoms with Crippen LogP contribution in [0.5, 0.6) is 5.75 Å². The van der Waals surface area contributed by atoms with Crippen molar-refractivity contribution >= 4 is 27.1 Å². The van der Waals surface area contributed by atoms with E-state index in [-0.39, 0.29) is 28.1 Å². The van der Waals surface area contributed by atoms with Gasteiger partial charge < -0.3 is 20.0 Å². The Kier molecular flexibility index (Phi) is 5.38. The van der Waals surface area contributed by atoms with E-state index < -0.39 is 38.5 Å². The van der Waals surface area contributed by atoms with Crippen molar-refractivity contribution in [2.24, 2.45) is 0 Å². The Morgan fingerprint density at radius 3 is 2.41 bits per heavy atom. The predicted molar refractivity (Wildman–Crippen MR) is 91.5 cm³/mol. The van der Waals surface area contributed by atoms with E-state index in [2.05, 4.69) is 19.9 Å². The largest absolute Gasteiger partial charge is 0.573 e. The standard InChI is InChI=1S/C15H10ClF3N4O5S/c16-11-9(5-21-13(12(11)20)14-23-22-10(6-24)27-14)29(25,26)8-3-1-7(2-4-8)28-15(17,18)19/h1-5,24H,6,20H2. The second-order valence-electron chi connectivity index (χ2n) is 5.38. The molecule has 0 radical (unpaired) electrons. The van der Waals surface area contributed by atoms with Crippen LogP contribution in [0.25, 0.3) is 11.6 Å². The number of sulfone groups is 1. The van der Waals surface area contributed by atoms with Crippen LogP contribution in [-0.2, 0) is 16.4 Å². The van der Waals surface area contributed by atoms with Crippen LogP contribution >= 0.6 is 11.6 Å². The summed E-state index contributed by atoms with van der Waals surface area (Å²) in [6.07, 6.45) is -4.02. The summed E-state index contributed by atoms with van der Waals surface area (Å²) in [5.74, 6) is -0.896. The molecule has 3 aromatic rings. The summed E-state index contributed by atoms with van der Waals surface area (Å²) in [6, 6.07) is 3.52. The Labute approximate surface area is 165 Å². The zero-order chi connectivity index (χ0) is 21.4. The van der Waals surface area contributed by atoms with Crippen LogP contribution < -0.4 is 10.5 Å². The minimum absolute atomic E-state index is 0.102. The van der Waals surface area contributed by atoms with Gasteiger partial charge >= 0.3 is 6.36 Å². The number of hydrogen-bond donors (Lipinski definition) is 2. The molecule has 0 spiro atoms. The van der Waals surface area contributed by atoms with Crippen LogP contribution in [0.3, 0.4) is 0 Å². The van der Waals surface area contributed by atoms with Crippen molar-refractivity contribution in [3.63, 3.8) is 0 Å². The van der Waals surface area contributed by atoms with E-state index in [1.165, 1.54) is 0 Å². The highest BCUT2D eigenvalue weighted by Crippen LogP contribution is 2.36. The lowest BCUT2D eigenvalue weighted by atomic mass is 10.3. The molecule has 0 aliphatic heterocycles. The third-order valence-corrected chi connectivity index (χ3v) is 5.78. The lowest BCUT2D eigenvalue weighted by Gasteiger charge is -2.11. The average molecular weight is 451 g/mol. The molecule has 0 bridgehead atoms. The van der Waals surface area contributed by atoms with Crippen LogP contribution in [-0.4, -0.2) is 35.1 Å². The summed E-state index contributed by atoms with van der Waals surface area (Å²) in [5.41, 5.74) is 5.46. The topological polar surface area (TPSA) is 141 Å². The highest BCUT2D eigenvalue weighted by molar-refractivity contribution is 7.91. The molecule has 0 amide bonds. The first kappa shape index (κ1) is 20.8. The number of halogens is 4. The Bertz CT molecular complexity index is 1150. The molecule has 0 aliphatic carbocycles. The fourth-order valence-corrected chi connectivity index (χ4v) is 3.93. The van der Waals surface area contributed by atoms with Gasteiger partial charge in [-0.2, -0.15) is 0 Å². The normalized spacial score (nSPS) is 12.2. The average Bonchev–Trinajstić information content (AvgIpc) is 3.11. The van der Waals surface area contributed by atoms with E-state index in [0.29, 0.717) is 0 Å². The minimum Gasteiger partial charge on any atom is -0.417 e. The summed E-state index contributed by atoms with van der Waals surface area (Å²) in [7, 11) is -4.27. The Hall–Kier alpha value is -2.90. The number of nitrogens with zero attached hydrogens (tertiary/aromatic N) is 3. The molecule has 2 heterocycles. The van der Waals surface area contributed by atoms with Crippen molar-refractivity contribution in [1.29, 1.82) is 0 Å². The number of alkyl halides is 3. The number of benzene rings is 1. The molecule has 0 atom stereocenters. The first-order valence-electron chi connectivity index (χ1n) is 7.51. The number of aliphatic hydroxyl groups excluding tert-OH is 1. The highest BCUT2D eigenvalue weighted by Gasteiger charge is 2.31. The van der Waals surface area contributed by atoms with Crippen LogP contribution in [0, 0.1) is 0 Å². The van der Waals surface area contributed by atoms with Crippen LogP contribution in [0.15, 0.2) is 44.7 Å². The monoisotopic (exact) mass is 450 g/mol. The minimum atomic E-state index is -4.91. The summed E-state index contributed by atoms with van der Waals surface area (Å²) < 4.78 is 71.0. The Morgan fingerprint density at radius 1 is 1.21 bits per heavy atom. The molecule has 0 saturated carbocycles. The molecule has 0 fully saturated rings. The van der Waals surface area contributed by atoms with E-state index >= 15 is 0 Å². The molecule has 0 aliphatic rings. The number of anilines is 1. The molecule has 3 rings (SSSR count). The Balaban J connectivity index is 1.98. The lowest BCUT2D eigenvalue weighted by molar-refractivity contribution is -0.274. The van der Waals surface area contributed by atoms with Crippen LogP contribution in [0.1, 0.15) is 5.89 Å². The number of ether oxygens (including phenoxy) is 1. The van der Waals surface area contributed by atoms with Gasteiger partial charge in [0.05, 0.1) is 15.6 Å². The van der Waals surface area contributed by atoms with Crippen molar-refractivity contribution in [2.45, 2.75) is 22.8 Å². The van der Waals surface area contributed by atoms with Gasteiger partial charge in [0, 0.05) is 6.20 Å². The molecule has 3 N–H and O–H groups in total. The fraction of sp³-hybridized carbons (Fsp3) is 0.133. The van der Waals surface area contributed by atoms with Crippen LogP contribution in [0.4, 0.5) is 18.9 Å². The molecular weight excluding hydrogens is 441 g/mol. The second kappa shape index (κ2) is 7.50. The maximum atomic E-state index is 12.8. The number of aromatic nitrogens is 3. The van der Waals surface area contributed by atoms with Gasteiger partial charge in [0.15, 0.2) is 5.69 Å². The Morgan fingerprint density at radius 2 is 1.86 bits per heavy atom. The van der Waals surface area contributed by atoms with Gasteiger partial charge in [0.25, 0.3) is 5.89 Å². The van der Waals surface area contributed by atoms with Crippen molar-refractivity contribution < 1.29 is 35.8 Å². The van der Waals surface area contributed by atoms with Gasteiger partial charge in [-0.15, -0.1) is 23.4 Å². The molecular formula is C15H10ClF3N4O5S. The van der Waals surface area contributed by atoms with Gasteiger partial charge in [-0.1, -0.05) is 11.6 Å². The van der Waals surface area contributed by atoms with E-state index in [1.54, 1.807) is 0 Å². The van der Waals surface area contributed by atoms with Gasteiger partial charge in [-0.25, -0.2) is 13.4 Å². The zero-order valence-electron chi connectivity index (χ0n) is 14.0. The molecule has 9 nitrogen and oxygen atoms in total. The van der Waals surface area contributed by atoms with Crippen LogP contribution in [0.2, 0.25) is 5.02 Å².